The number of piperidine rings is 1. The Hall–Kier alpha value is -2.53. The van der Waals surface area contributed by atoms with E-state index in [1.165, 1.54) is 6.07 Å². The van der Waals surface area contributed by atoms with Crippen molar-refractivity contribution in [2.75, 3.05) is 25.0 Å². The van der Waals surface area contributed by atoms with E-state index in [1.807, 2.05) is 0 Å². The van der Waals surface area contributed by atoms with Crippen molar-refractivity contribution in [2.24, 2.45) is 5.92 Å². The summed E-state index contributed by atoms with van der Waals surface area (Å²) in [5.74, 6) is -2.01. The third kappa shape index (κ3) is 3.83. The van der Waals surface area contributed by atoms with Crippen LogP contribution in [0.3, 0.4) is 0 Å². The van der Waals surface area contributed by atoms with Crippen molar-refractivity contribution in [1.82, 2.24) is 24.7 Å². The lowest BCUT2D eigenvalue weighted by molar-refractivity contribution is -0.186. The summed E-state index contributed by atoms with van der Waals surface area (Å²) in [7, 11) is 0. The fraction of sp³-hybridized carbons (Fsp3) is 0.571. The van der Waals surface area contributed by atoms with Crippen molar-refractivity contribution in [3.63, 3.8) is 0 Å². The molecule has 0 spiro atoms. The number of likely N-dealkylation sites (tertiary alicyclic amines) is 1. The number of amides is 1. The first-order chi connectivity index (χ1) is 12.3. The van der Waals surface area contributed by atoms with Gasteiger partial charge in [0.05, 0.1) is 0 Å². The standard InChI is InChI=1S/C14H15F5N6O/c15-11(16)12-22-21-10-2-1-9(23-25(10)12)20-7-8-3-5-24(6-4-8)13(26)14(17,18)19/h1-2,8,11H,3-7H2,(H,20,23). The summed E-state index contributed by atoms with van der Waals surface area (Å²) in [6, 6.07) is 3.04. The lowest BCUT2D eigenvalue weighted by atomic mass is 9.96. The molecule has 7 nitrogen and oxygen atoms in total. The maximum absolute atomic E-state index is 12.8. The van der Waals surface area contributed by atoms with Gasteiger partial charge in [-0.1, -0.05) is 0 Å². The van der Waals surface area contributed by atoms with Crippen LogP contribution in [-0.2, 0) is 4.79 Å². The van der Waals surface area contributed by atoms with Crippen LogP contribution in [-0.4, -0.2) is 56.4 Å². The van der Waals surface area contributed by atoms with Crippen LogP contribution in [0, 0.1) is 5.92 Å². The molecular formula is C14H15F5N6O. The number of hydrogen-bond acceptors (Lipinski definition) is 5. The van der Waals surface area contributed by atoms with Gasteiger partial charge in [-0.25, -0.2) is 8.78 Å². The highest BCUT2D eigenvalue weighted by atomic mass is 19.4. The maximum Gasteiger partial charge on any atom is 0.471 e. The fourth-order valence-corrected chi connectivity index (χ4v) is 2.80. The highest BCUT2D eigenvalue weighted by molar-refractivity contribution is 5.81. The zero-order valence-corrected chi connectivity index (χ0v) is 13.4. The van der Waals surface area contributed by atoms with Gasteiger partial charge in [-0.15, -0.1) is 15.3 Å². The molecule has 0 unspecified atom stereocenters. The van der Waals surface area contributed by atoms with E-state index in [2.05, 4.69) is 20.6 Å². The number of anilines is 1. The van der Waals surface area contributed by atoms with Gasteiger partial charge in [-0.3, -0.25) is 4.79 Å². The van der Waals surface area contributed by atoms with E-state index in [0.717, 1.165) is 9.42 Å². The molecule has 0 aromatic carbocycles. The minimum Gasteiger partial charge on any atom is -0.368 e. The Morgan fingerprint density at radius 2 is 1.92 bits per heavy atom. The fourth-order valence-electron chi connectivity index (χ4n) is 2.80. The number of nitrogens with zero attached hydrogens (tertiary/aromatic N) is 5. The first kappa shape index (κ1) is 18.3. The summed E-state index contributed by atoms with van der Waals surface area (Å²) in [6.45, 7) is 0.453. The number of carbonyl (C=O) groups is 1. The van der Waals surface area contributed by atoms with Gasteiger partial charge in [0.15, 0.2) is 5.65 Å². The Bertz CT molecular complexity index is 784. The van der Waals surface area contributed by atoms with Crippen molar-refractivity contribution in [2.45, 2.75) is 25.4 Å². The number of aromatic nitrogens is 4. The maximum atomic E-state index is 12.8. The zero-order chi connectivity index (χ0) is 18.9. The Kier molecular flexibility index (Phi) is 4.92. The first-order valence-electron chi connectivity index (χ1n) is 7.86. The van der Waals surface area contributed by atoms with Crippen LogP contribution in [0.2, 0.25) is 0 Å². The largest absolute Gasteiger partial charge is 0.471 e. The average molecular weight is 378 g/mol. The number of rotatable bonds is 4. The highest BCUT2D eigenvalue weighted by Crippen LogP contribution is 2.24. The molecule has 0 bridgehead atoms. The Morgan fingerprint density at radius 3 is 2.54 bits per heavy atom. The van der Waals surface area contributed by atoms with Gasteiger partial charge in [-0.05, 0) is 30.9 Å². The van der Waals surface area contributed by atoms with Crippen molar-refractivity contribution >= 4 is 17.4 Å². The molecule has 1 amide bonds. The molecule has 1 saturated heterocycles. The van der Waals surface area contributed by atoms with Crippen LogP contribution < -0.4 is 5.32 Å². The van der Waals surface area contributed by atoms with Gasteiger partial charge in [0, 0.05) is 19.6 Å². The number of halogens is 5. The number of hydrogen-bond donors (Lipinski definition) is 1. The summed E-state index contributed by atoms with van der Waals surface area (Å²) in [6.07, 6.45) is -6.85. The quantitative estimate of drug-likeness (QED) is 0.827. The van der Waals surface area contributed by atoms with Crippen LogP contribution in [0.1, 0.15) is 25.1 Å². The van der Waals surface area contributed by atoms with Gasteiger partial charge < -0.3 is 10.2 Å². The normalized spacial score (nSPS) is 16.5. The summed E-state index contributed by atoms with van der Waals surface area (Å²) in [5.41, 5.74) is 0.185. The van der Waals surface area contributed by atoms with Gasteiger partial charge in [0.25, 0.3) is 6.43 Å². The van der Waals surface area contributed by atoms with Crippen LogP contribution in [0.15, 0.2) is 12.1 Å². The van der Waals surface area contributed by atoms with Crippen LogP contribution in [0.4, 0.5) is 27.8 Å². The van der Waals surface area contributed by atoms with Gasteiger partial charge >= 0.3 is 12.1 Å². The lowest BCUT2D eigenvalue weighted by Crippen LogP contribution is -2.46. The van der Waals surface area contributed by atoms with E-state index in [0.29, 0.717) is 25.2 Å². The molecule has 1 N–H and O–H groups in total. The second kappa shape index (κ2) is 7.00. The van der Waals surface area contributed by atoms with E-state index < -0.39 is 24.3 Å². The van der Waals surface area contributed by atoms with Crippen LogP contribution >= 0.6 is 0 Å². The van der Waals surface area contributed by atoms with Crippen molar-refractivity contribution in [3.8, 4) is 0 Å². The molecule has 1 aliphatic heterocycles. The van der Waals surface area contributed by atoms with Crippen molar-refractivity contribution < 1.29 is 26.7 Å². The third-order valence-corrected chi connectivity index (χ3v) is 4.20. The Morgan fingerprint density at radius 1 is 1.23 bits per heavy atom. The van der Waals surface area contributed by atoms with E-state index in [9.17, 15) is 26.7 Å². The predicted octanol–water partition coefficient (Wildman–Crippen LogP) is 2.27. The van der Waals surface area contributed by atoms with Gasteiger partial charge in [0.1, 0.15) is 5.82 Å². The summed E-state index contributed by atoms with van der Waals surface area (Å²) in [4.78, 5) is 12.0. The van der Waals surface area contributed by atoms with Gasteiger partial charge in [-0.2, -0.15) is 17.7 Å². The highest BCUT2D eigenvalue weighted by Gasteiger charge is 2.43. The smallest absolute Gasteiger partial charge is 0.368 e. The van der Waals surface area contributed by atoms with E-state index in [1.54, 1.807) is 6.07 Å². The Balaban J connectivity index is 1.56. The summed E-state index contributed by atoms with van der Waals surface area (Å²) < 4.78 is 63.8. The molecule has 0 aliphatic carbocycles. The van der Waals surface area contributed by atoms with E-state index in [4.69, 9.17) is 0 Å². The predicted molar refractivity (Wildman–Crippen MR) is 79.6 cm³/mol. The minimum atomic E-state index is -4.86. The summed E-state index contributed by atoms with van der Waals surface area (Å²) in [5, 5.41) is 13.9. The zero-order valence-electron chi connectivity index (χ0n) is 13.4. The molecule has 12 heteroatoms. The number of carbonyl (C=O) groups excluding carboxylic acids is 1. The topological polar surface area (TPSA) is 75.4 Å². The minimum absolute atomic E-state index is 0.0259. The lowest BCUT2D eigenvalue weighted by Gasteiger charge is -2.32. The van der Waals surface area contributed by atoms with Crippen LogP contribution in [0.5, 0.6) is 0 Å². The molecule has 0 saturated carbocycles. The molecule has 3 rings (SSSR count). The molecule has 1 fully saturated rings. The van der Waals surface area contributed by atoms with Crippen molar-refractivity contribution in [1.29, 1.82) is 0 Å². The number of fused-ring (bicyclic) bond motifs is 1. The summed E-state index contributed by atoms with van der Waals surface area (Å²) >= 11 is 0. The second-order valence-corrected chi connectivity index (χ2v) is 5.96. The monoisotopic (exact) mass is 378 g/mol. The molecule has 2 aromatic heterocycles. The van der Waals surface area contributed by atoms with Crippen molar-refractivity contribution in [3.05, 3.63) is 18.0 Å². The third-order valence-electron chi connectivity index (χ3n) is 4.20. The molecule has 2 aromatic rings. The molecule has 26 heavy (non-hydrogen) atoms. The molecule has 0 atom stereocenters. The molecule has 0 radical (unpaired) electrons. The Labute approximate surface area is 144 Å². The number of alkyl halides is 5. The second-order valence-electron chi connectivity index (χ2n) is 5.96. The van der Waals surface area contributed by atoms with Gasteiger partial charge in [0.2, 0.25) is 5.82 Å². The average Bonchev–Trinajstić information content (AvgIpc) is 3.02. The number of nitrogens with one attached hydrogen (secondary N) is 1. The van der Waals surface area contributed by atoms with E-state index >= 15 is 0 Å². The molecule has 142 valence electrons. The molecule has 1 aliphatic rings. The van der Waals surface area contributed by atoms with E-state index in [-0.39, 0.29) is 24.7 Å². The first-order valence-corrected chi connectivity index (χ1v) is 7.86. The molecule has 3 heterocycles. The molecular weight excluding hydrogens is 363 g/mol. The van der Waals surface area contributed by atoms with Crippen LogP contribution in [0.25, 0.3) is 5.65 Å². The SMILES string of the molecule is O=C(N1CCC(CNc2ccc3nnc(C(F)F)n3n2)CC1)C(F)(F)F.